The molecule has 1 aliphatic carbocycles. The fraction of sp³-hybridized carbons (Fsp3) is 0.500. The monoisotopic (exact) mass is 471 g/mol. The first-order chi connectivity index (χ1) is 16.0. The predicted molar refractivity (Wildman–Crippen MR) is 121 cm³/mol. The molecule has 9 heteroatoms. The number of ether oxygens (including phenoxy) is 2. The molecule has 174 valence electrons. The normalized spacial score (nSPS) is 26.8. The lowest BCUT2D eigenvalue weighted by atomic mass is 9.77. The predicted octanol–water partition coefficient (Wildman–Crippen LogP) is 4.34. The summed E-state index contributed by atoms with van der Waals surface area (Å²) in [6.07, 6.45) is 1.05. The van der Waals surface area contributed by atoms with Gasteiger partial charge in [0.1, 0.15) is 23.0 Å². The topological polar surface area (TPSA) is 81.6 Å². The summed E-state index contributed by atoms with van der Waals surface area (Å²) < 4.78 is 26.0. The molecule has 2 aromatic rings. The smallest absolute Gasteiger partial charge is 0.296 e. The Morgan fingerprint density at radius 2 is 2.09 bits per heavy atom. The lowest BCUT2D eigenvalue weighted by Crippen LogP contribution is -2.42. The van der Waals surface area contributed by atoms with Crippen LogP contribution in [0.4, 0.5) is 9.52 Å². The van der Waals surface area contributed by atoms with Crippen molar-refractivity contribution >= 4 is 28.2 Å². The quantitative estimate of drug-likeness (QED) is 0.624. The minimum atomic E-state index is -1.03. The molecular formula is C24H26FN3O4S. The molecule has 1 aromatic carbocycles. The van der Waals surface area contributed by atoms with Gasteiger partial charge in [-0.25, -0.2) is 4.39 Å². The van der Waals surface area contributed by atoms with Crippen molar-refractivity contribution in [2.24, 2.45) is 5.92 Å². The number of Topliss-reactive ketones (excluding diaryl/α,β-unsaturated/α-hetero) is 1. The zero-order chi connectivity index (χ0) is 23.1. The first-order valence-corrected chi connectivity index (χ1v) is 12.3. The van der Waals surface area contributed by atoms with Gasteiger partial charge in [-0.15, -0.1) is 10.2 Å². The van der Waals surface area contributed by atoms with E-state index in [2.05, 4.69) is 17.1 Å². The van der Waals surface area contributed by atoms with E-state index in [1.807, 2.05) is 31.2 Å². The summed E-state index contributed by atoms with van der Waals surface area (Å²) in [6, 6.07) is 6.63. The van der Waals surface area contributed by atoms with E-state index in [9.17, 15) is 14.0 Å². The lowest BCUT2D eigenvalue weighted by Gasteiger charge is -2.36. The van der Waals surface area contributed by atoms with Crippen LogP contribution in [0.5, 0.6) is 5.75 Å². The second-order valence-electron chi connectivity index (χ2n) is 8.59. The fourth-order valence-electron chi connectivity index (χ4n) is 4.93. The van der Waals surface area contributed by atoms with Gasteiger partial charge < -0.3 is 9.47 Å². The lowest BCUT2D eigenvalue weighted by molar-refractivity contribution is -0.133. The number of amides is 1. The number of hydrogen-bond donors (Lipinski definition) is 0. The summed E-state index contributed by atoms with van der Waals surface area (Å²) in [5.74, 6) is -0.473. The van der Waals surface area contributed by atoms with E-state index < -0.39 is 30.1 Å². The van der Waals surface area contributed by atoms with Gasteiger partial charge in [0.05, 0.1) is 24.1 Å². The third kappa shape index (κ3) is 3.82. The molecule has 0 radical (unpaired) electrons. The molecular weight excluding hydrogens is 445 g/mol. The molecule has 3 aliphatic rings. The highest BCUT2D eigenvalue weighted by molar-refractivity contribution is 7.15. The number of aryl methyl sites for hydroxylation is 1. The maximum absolute atomic E-state index is 14.2. The van der Waals surface area contributed by atoms with Crippen molar-refractivity contribution in [2.45, 2.75) is 64.3 Å². The summed E-state index contributed by atoms with van der Waals surface area (Å²) in [6.45, 7) is 4.44. The molecule has 1 saturated carbocycles. The van der Waals surface area contributed by atoms with Gasteiger partial charge >= 0.3 is 0 Å². The minimum absolute atomic E-state index is 0.0672. The number of anilines is 1. The number of alkyl halides is 1. The average molecular weight is 472 g/mol. The maximum atomic E-state index is 14.2. The minimum Gasteiger partial charge on any atom is -0.494 e. The van der Waals surface area contributed by atoms with Gasteiger partial charge in [0.25, 0.3) is 5.91 Å². The summed E-state index contributed by atoms with van der Waals surface area (Å²) >= 11 is 1.34. The summed E-state index contributed by atoms with van der Waals surface area (Å²) in [5, 5.41) is 9.76. The Morgan fingerprint density at radius 1 is 1.24 bits per heavy atom. The summed E-state index contributed by atoms with van der Waals surface area (Å²) in [7, 11) is 0. The van der Waals surface area contributed by atoms with Gasteiger partial charge in [-0.05, 0) is 50.3 Å². The van der Waals surface area contributed by atoms with E-state index in [1.54, 1.807) is 0 Å². The number of aromatic nitrogens is 2. The van der Waals surface area contributed by atoms with Gasteiger partial charge in [0.2, 0.25) is 5.13 Å². The van der Waals surface area contributed by atoms with Crippen LogP contribution in [-0.4, -0.2) is 40.8 Å². The highest BCUT2D eigenvalue weighted by atomic mass is 32.1. The van der Waals surface area contributed by atoms with Crippen molar-refractivity contribution in [3.8, 4) is 5.75 Å². The maximum Gasteiger partial charge on any atom is 0.296 e. The third-order valence-corrected chi connectivity index (χ3v) is 7.38. The Hall–Kier alpha value is -2.81. The van der Waals surface area contributed by atoms with E-state index >= 15 is 0 Å². The summed E-state index contributed by atoms with van der Waals surface area (Å²) in [5.41, 5.74) is 1.01. The van der Waals surface area contributed by atoms with Crippen LogP contribution in [0.15, 0.2) is 35.6 Å². The molecule has 1 fully saturated rings. The van der Waals surface area contributed by atoms with E-state index in [-0.39, 0.29) is 23.5 Å². The van der Waals surface area contributed by atoms with Gasteiger partial charge in [-0.3, -0.25) is 14.5 Å². The molecule has 0 spiro atoms. The standard InChI is InChI=1S/C24H26FN3O4S/c1-3-6-18-26-27-24(33-18)28-20(13-7-5-8-15(11-13)31-4-2)19-21(29)16-12-14(25)9-10-17(16)32-22(19)23(28)30/h5,7-8,11,14,16-17,20H,3-4,6,9-10,12H2,1-2H3. The average Bonchev–Trinajstić information content (AvgIpc) is 3.37. The van der Waals surface area contributed by atoms with Crippen molar-refractivity contribution in [3.05, 3.63) is 46.2 Å². The highest BCUT2D eigenvalue weighted by Crippen LogP contribution is 2.49. The first kappa shape index (κ1) is 22.0. The Kier molecular flexibility index (Phi) is 5.90. The molecule has 33 heavy (non-hydrogen) atoms. The van der Waals surface area contributed by atoms with Crippen LogP contribution in [0.2, 0.25) is 0 Å². The molecule has 0 saturated heterocycles. The Bertz CT molecular complexity index is 1120. The van der Waals surface area contributed by atoms with E-state index in [0.717, 1.165) is 23.4 Å². The number of fused-ring (bicyclic) bond motifs is 1. The number of hydrogen-bond acceptors (Lipinski definition) is 7. The molecule has 3 heterocycles. The van der Waals surface area contributed by atoms with Crippen LogP contribution >= 0.6 is 11.3 Å². The fourth-order valence-corrected chi connectivity index (χ4v) is 5.89. The summed E-state index contributed by atoms with van der Waals surface area (Å²) in [4.78, 5) is 28.8. The third-order valence-electron chi connectivity index (χ3n) is 6.39. The number of carbonyl (C=O) groups is 2. The zero-order valence-corrected chi connectivity index (χ0v) is 19.4. The van der Waals surface area contributed by atoms with Crippen molar-refractivity contribution in [1.82, 2.24) is 10.2 Å². The Labute approximate surface area is 195 Å². The number of nitrogens with zero attached hydrogens (tertiary/aromatic N) is 3. The van der Waals surface area contributed by atoms with E-state index in [0.29, 0.717) is 30.3 Å². The molecule has 0 bridgehead atoms. The van der Waals surface area contributed by atoms with Crippen LogP contribution in [-0.2, 0) is 20.7 Å². The second-order valence-corrected chi connectivity index (χ2v) is 9.63. The molecule has 1 aromatic heterocycles. The molecule has 0 N–H and O–H groups in total. The van der Waals surface area contributed by atoms with Crippen molar-refractivity contribution in [3.63, 3.8) is 0 Å². The molecule has 1 amide bonds. The van der Waals surface area contributed by atoms with E-state index in [4.69, 9.17) is 9.47 Å². The second kappa shape index (κ2) is 8.85. The van der Waals surface area contributed by atoms with Gasteiger partial charge in [-0.1, -0.05) is 30.4 Å². The van der Waals surface area contributed by atoms with Crippen molar-refractivity contribution < 1.29 is 23.5 Å². The molecule has 7 nitrogen and oxygen atoms in total. The number of rotatable bonds is 6. The van der Waals surface area contributed by atoms with Gasteiger partial charge in [0, 0.05) is 6.42 Å². The molecule has 2 aliphatic heterocycles. The van der Waals surface area contributed by atoms with Gasteiger partial charge in [-0.2, -0.15) is 0 Å². The SMILES string of the molecule is CCCc1nnc(N2C(=O)C3=C(C(=O)C4CC(F)CCC4O3)C2c2cccc(OCC)c2)s1. The molecule has 4 atom stereocenters. The number of halogens is 1. The van der Waals surface area contributed by atoms with Crippen LogP contribution in [0.3, 0.4) is 0 Å². The van der Waals surface area contributed by atoms with Crippen LogP contribution in [0, 0.1) is 5.92 Å². The first-order valence-electron chi connectivity index (χ1n) is 11.5. The largest absolute Gasteiger partial charge is 0.494 e. The van der Waals surface area contributed by atoms with Crippen molar-refractivity contribution in [1.29, 1.82) is 0 Å². The molecule has 4 unspecified atom stereocenters. The number of carbonyl (C=O) groups excluding carboxylic acids is 2. The van der Waals surface area contributed by atoms with Crippen LogP contribution in [0.25, 0.3) is 0 Å². The van der Waals surface area contributed by atoms with Crippen molar-refractivity contribution in [2.75, 3.05) is 11.5 Å². The zero-order valence-electron chi connectivity index (χ0n) is 18.6. The van der Waals surface area contributed by atoms with Gasteiger partial charge in [0.15, 0.2) is 11.5 Å². The molecule has 5 rings (SSSR count). The number of ketones is 1. The van der Waals surface area contributed by atoms with Crippen LogP contribution in [0.1, 0.15) is 56.1 Å². The van der Waals surface area contributed by atoms with Crippen LogP contribution < -0.4 is 9.64 Å². The Morgan fingerprint density at radius 3 is 2.88 bits per heavy atom. The highest BCUT2D eigenvalue weighted by Gasteiger charge is 2.54. The van der Waals surface area contributed by atoms with E-state index in [1.165, 1.54) is 16.2 Å². The Balaban J connectivity index is 1.61. The number of benzene rings is 1.